The lowest BCUT2D eigenvalue weighted by Crippen LogP contribution is -2.41. The van der Waals surface area contributed by atoms with Crippen molar-refractivity contribution in [3.8, 4) is 17.2 Å². The van der Waals surface area contributed by atoms with Gasteiger partial charge in [0.15, 0.2) is 0 Å². The number of nitrogens with one attached hydrogen (secondary N) is 1. The van der Waals surface area contributed by atoms with Gasteiger partial charge in [-0.25, -0.2) is 14.5 Å². The summed E-state index contributed by atoms with van der Waals surface area (Å²) < 4.78 is 48.4. The Kier molecular flexibility index (Phi) is 8.04. The van der Waals surface area contributed by atoms with Crippen LogP contribution in [-0.4, -0.2) is 64.8 Å². The third-order valence-electron chi connectivity index (χ3n) is 5.85. The van der Waals surface area contributed by atoms with Gasteiger partial charge in [0.05, 0.1) is 6.61 Å². The maximum Gasteiger partial charge on any atom is 0.573 e. The highest BCUT2D eigenvalue weighted by atomic mass is 19.4. The Bertz CT molecular complexity index is 1200. The quantitative estimate of drug-likeness (QED) is 0.502. The first-order chi connectivity index (χ1) is 17.7. The normalized spacial score (nSPS) is 14.3. The Morgan fingerprint density at radius 1 is 1.08 bits per heavy atom. The minimum absolute atomic E-state index is 0.201. The number of nitrogens with zero attached hydrogens (tertiary/aromatic N) is 5. The van der Waals surface area contributed by atoms with Gasteiger partial charge in [0.25, 0.3) is 0 Å². The lowest BCUT2D eigenvalue weighted by molar-refractivity contribution is -0.274. The highest BCUT2D eigenvalue weighted by Crippen LogP contribution is 2.29. The number of amides is 2. The van der Waals surface area contributed by atoms with Gasteiger partial charge in [-0.3, -0.25) is 0 Å². The molecule has 1 saturated heterocycles. The van der Waals surface area contributed by atoms with Gasteiger partial charge in [0.2, 0.25) is 0 Å². The van der Waals surface area contributed by atoms with Crippen LogP contribution in [0.5, 0.6) is 11.5 Å². The predicted octanol–water partition coefficient (Wildman–Crippen LogP) is 4.29. The standard InChI is InChI=1S/C25H29F3N6O3/c1-3-36-23-15-20(7-10-22(23)34-17-30-18(2)31-34)32-11-4-12-33(14-13-32)24(35)29-16-19-5-8-21(9-6-19)37-25(26,27)28/h5-10,15,17H,3-4,11-14,16H2,1-2H3,(H,29,35). The van der Waals surface area contributed by atoms with E-state index in [4.69, 9.17) is 4.74 Å². The molecule has 198 valence electrons. The van der Waals surface area contributed by atoms with Crippen molar-refractivity contribution in [2.45, 2.75) is 33.2 Å². The Morgan fingerprint density at radius 3 is 2.54 bits per heavy atom. The molecule has 0 unspecified atom stereocenters. The van der Waals surface area contributed by atoms with Gasteiger partial charge in [-0.05, 0) is 50.1 Å². The Hall–Kier alpha value is -3.96. The lowest BCUT2D eigenvalue weighted by Gasteiger charge is -2.25. The number of hydrogen-bond donors (Lipinski definition) is 1. The molecule has 0 saturated carbocycles. The van der Waals surface area contributed by atoms with E-state index in [1.165, 1.54) is 24.3 Å². The molecule has 2 heterocycles. The fourth-order valence-electron chi connectivity index (χ4n) is 4.10. The molecule has 4 rings (SSSR count). The molecular weight excluding hydrogens is 489 g/mol. The molecule has 1 aliphatic rings. The third kappa shape index (κ3) is 7.05. The topological polar surface area (TPSA) is 84.8 Å². The number of anilines is 1. The van der Waals surface area contributed by atoms with Crippen molar-refractivity contribution in [2.75, 3.05) is 37.7 Å². The second kappa shape index (κ2) is 11.4. The van der Waals surface area contributed by atoms with Gasteiger partial charge in [0, 0.05) is 44.5 Å². The maximum absolute atomic E-state index is 12.8. The molecule has 12 heteroatoms. The Morgan fingerprint density at radius 2 is 1.86 bits per heavy atom. The number of halogens is 3. The first-order valence-electron chi connectivity index (χ1n) is 12.0. The van der Waals surface area contributed by atoms with Crippen LogP contribution in [0.25, 0.3) is 5.69 Å². The summed E-state index contributed by atoms with van der Waals surface area (Å²) in [7, 11) is 0. The molecule has 1 fully saturated rings. The van der Waals surface area contributed by atoms with Crippen LogP contribution in [0, 0.1) is 6.92 Å². The van der Waals surface area contributed by atoms with Gasteiger partial charge in [-0.2, -0.15) is 5.10 Å². The van der Waals surface area contributed by atoms with E-state index in [0.717, 1.165) is 24.3 Å². The second-order valence-electron chi connectivity index (χ2n) is 8.50. The molecule has 0 spiro atoms. The molecular formula is C25H29F3N6O3. The number of ether oxygens (including phenoxy) is 2. The van der Waals surface area contributed by atoms with Crippen LogP contribution in [0.15, 0.2) is 48.8 Å². The van der Waals surface area contributed by atoms with Crippen LogP contribution in [0.3, 0.4) is 0 Å². The largest absolute Gasteiger partial charge is 0.573 e. The number of aryl methyl sites for hydroxylation is 1. The number of benzene rings is 2. The summed E-state index contributed by atoms with van der Waals surface area (Å²) in [5, 5.41) is 7.22. The Labute approximate surface area is 212 Å². The average Bonchev–Trinajstić information content (AvgIpc) is 3.13. The summed E-state index contributed by atoms with van der Waals surface area (Å²) in [4.78, 5) is 20.9. The monoisotopic (exact) mass is 518 g/mol. The summed E-state index contributed by atoms with van der Waals surface area (Å²) in [5.74, 6) is 1.08. The van der Waals surface area contributed by atoms with E-state index in [-0.39, 0.29) is 18.3 Å². The summed E-state index contributed by atoms with van der Waals surface area (Å²) >= 11 is 0. The Balaban J connectivity index is 1.34. The van der Waals surface area contributed by atoms with Crippen LogP contribution < -0.4 is 19.7 Å². The minimum Gasteiger partial charge on any atom is -0.492 e. The summed E-state index contributed by atoms with van der Waals surface area (Å²) in [6.07, 6.45) is -2.30. The van der Waals surface area contributed by atoms with E-state index < -0.39 is 6.36 Å². The van der Waals surface area contributed by atoms with Gasteiger partial charge in [-0.1, -0.05) is 12.1 Å². The van der Waals surface area contributed by atoms with E-state index in [2.05, 4.69) is 25.0 Å². The molecule has 0 aliphatic carbocycles. The second-order valence-corrected chi connectivity index (χ2v) is 8.50. The van der Waals surface area contributed by atoms with Crippen LogP contribution >= 0.6 is 0 Å². The molecule has 1 aliphatic heterocycles. The number of hydrogen-bond acceptors (Lipinski definition) is 6. The van der Waals surface area contributed by atoms with E-state index in [1.807, 2.05) is 32.0 Å². The van der Waals surface area contributed by atoms with Crippen molar-refractivity contribution in [3.63, 3.8) is 0 Å². The van der Waals surface area contributed by atoms with Gasteiger partial charge < -0.3 is 24.6 Å². The molecule has 37 heavy (non-hydrogen) atoms. The first kappa shape index (κ1) is 26.1. The lowest BCUT2D eigenvalue weighted by atomic mass is 10.2. The summed E-state index contributed by atoms with van der Waals surface area (Å²) in [6, 6.07) is 11.2. The number of aromatic nitrogens is 3. The average molecular weight is 519 g/mol. The van der Waals surface area contributed by atoms with Gasteiger partial charge in [0.1, 0.15) is 29.3 Å². The minimum atomic E-state index is -4.74. The number of carbonyl (C=O) groups is 1. The van der Waals surface area contributed by atoms with Crippen molar-refractivity contribution in [1.82, 2.24) is 25.0 Å². The molecule has 1 aromatic heterocycles. The number of carbonyl (C=O) groups excluding carboxylic acids is 1. The van der Waals surface area contributed by atoms with Gasteiger partial charge in [-0.15, -0.1) is 13.2 Å². The zero-order valence-corrected chi connectivity index (χ0v) is 20.7. The molecule has 2 amide bonds. The molecule has 0 atom stereocenters. The van der Waals surface area contributed by atoms with E-state index >= 15 is 0 Å². The first-order valence-corrected chi connectivity index (χ1v) is 12.0. The van der Waals surface area contributed by atoms with Crippen LogP contribution in [0.1, 0.15) is 24.7 Å². The fourth-order valence-corrected chi connectivity index (χ4v) is 4.10. The predicted molar refractivity (Wildman–Crippen MR) is 131 cm³/mol. The van der Waals surface area contributed by atoms with Crippen molar-refractivity contribution in [3.05, 3.63) is 60.2 Å². The third-order valence-corrected chi connectivity index (χ3v) is 5.85. The SMILES string of the molecule is CCOc1cc(N2CCCN(C(=O)NCc3ccc(OC(F)(F)F)cc3)CC2)ccc1-n1cnc(C)n1. The zero-order valence-electron chi connectivity index (χ0n) is 20.7. The highest BCUT2D eigenvalue weighted by molar-refractivity contribution is 5.74. The van der Waals surface area contributed by atoms with Gasteiger partial charge >= 0.3 is 12.4 Å². The smallest absolute Gasteiger partial charge is 0.492 e. The molecule has 0 bridgehead atoms. The molecule has 9 nitrogen and oxygen atoms in total. The molecule has 0 radical (unpaired) electrons. The number of rotatable bonds is 7. The number of urea groups is 1. The van der Waals surface area contributed by atoms with Crippen molar-refractivity contribution >= 4 is 11.7 Å². The van der Waals surface area contributed by atoms with Crippen LogP contribution in [0.2, 0.25) is 0 Å². The van der Waals surface area contributed by atoms with E-state index in [0.29, 0.717) is 43.4 Å². The van der Waals surface area contributed by atoms with Crippen LogP contribution in [0.4, 0.5) is 23.7 Å². The summed E-state index contributed by atoms with van der Waals surface area (Å²) in [5.41, 5.74) is 2.47. The maximum atomic E-state index is 12.8. The van der Waals surface area contributed by atoms with Crippen molar-refractivity contribution in [1.29, 1.82) is 0 Å². The zero-order chi connectivity index (χ0) is 26.4. The molecule has 1 N–H and O–H groups in total. The number of alkyl halides is 3. The van der Waals surface area contributed by atoms with E-state index in [1.54, 1.807) is 15.9 Å². The van der Waals surface area contributed by atoms with Crippen molar-refractivity contribution < 1.29 is 27.4 Å². The van der Waals surface area contributed by atoms with E-state index in [9.17, 15) is 18.0 Å². The fraction of sp³-hybridized carbons (Fsp3) is 0.400. The van der Waals surface area contributed by atoms with Crippen molar-refractivity contribution in [2.24, 2.45) is 0 Å². The summed E-state index contributed by atoms with van der Waals surface area (Å²) in [6.45, 7) is 7.00. The molecule has 2 aromatic carbocycles. The molecule has 3 aromatic rings. The van der Waals surface area contributed by atoms with Crippen LogP contribution in [-0.2, 0) is 6.54 Å². The highest BCUT2D eigenvalue weighted by Gasteiger charge is 2.31.